The first kappa shape index (κ1) is 17.0. The van der Waals surface area contributed by atoms with Crippen LogP contribution in [0.15, 0.2) is 30.3 Å². The van der Waals surface area contributed by atoms with E-state index in [0.717, 1.165) is 24.8 Å². The molecule has 0 saturated heterocycles. The number of carbonyl (C=O) groups is 1. The maximum Gasteiger partial charge on any atom is 0.307 e. The molecule has 0 aliphatic heterocycles. The Hall–Kier alpha value is -1.36. The minimum atomic E-state index is -3.28. The lowest BCUT2D eigenvalue weighted by molar-refractivity contribution is -0.141. The summed E-state index contributed by atoms with van der Waals surface area (Å²) < 4.78 is 24.6. The predicted molar refractivity (Wildman–Crippen MR) is 86.5 cm³/mol. The van der Waals surface area contributed by atoms with Gasteiger partial charge in [0.25, 0.3) is 0 Å². The van der Waals surface area contributed by atoms with Gasteiger partial charge in [-0.2, -0.15) is 0 Å². The van der Waals surface area contributed by atoms with Gasteiger partial charge < -0.3 is 5.11 Å². The summed E-state index contributed by atoms with van der Waals surface area (Å²) >= 11 is 0. The van der Waals surface area contributed by atoms with Gasteiger partial charge >= 0.3 is 5.97 Å². The number of hydrogen-bond donors (Lipinski definition) is 1. The molecule has 5 heteroatoms. The molecule has 4 nitrogen and oxygen atoms in total. The fourth-order valence-corrected chi connectivity index (χ4v) is 5.33. The van der Waals surface area contributed by atoms with Crippen molar-refractivity contribution in [3.8, 4) is 0 Å². The third-order valence-electron chi connectivity index (χ3n) is 4.45. The zero-order valence-corrected chi connectivity index (χ0v) is 13.6. The van der Waals surface area contributed by atoms with E-state index in [0.29, 0.717) is 25.7 Å². The Labute approximate surface area is 132 Å². The first-order valence-corrected chi connectivity index (χ1v) is 9.69. The van der Waals surface area contributed by atoms with Crippen LogP contribution in [0.2, 0.25) is 0 Å². The van der Waals surface area contributed by atoms with Crippen molar-refractivity contribution in [1.82, 2.24) is 0 Å². The standard InChI is InChI=1S/C17H24O4S/c18-17(19)15(10-6-9-14-7-2-1-3-8-14)13-22(20,21)16-11-4-5-12-16/h1-3,7-8,15-16H,4-6,9-13H2,(H,18,19). The molecule has 0 radical (unpaired) electrons. The quantitative estimate of drug-likeness (QED) is 0.797. The van der Waals surface area contributed by atoms with Crippen LogP contribution in [0.3, 0.4) is 0 Å². The molecule has 2 rings (SSSR count). The Morgan fingerprint density at radius 3 is 2.41 bits per heavy atom. The molecule has 0 aromatic heterocycles. The van der Waals surface area contributed by atoms with Crippen LogP contribution in [0, 0.1) is 5.92 Å². The van der Waals surface area contributed by atoms with E-state index in [1.807, 2.05) is 30.3 Å². The molecule has 22 heavy (non-hydrogen) atoms. The van der Waals surface area contributed by atoms with E-state index in [1.54, 1.807) is 0 Å². The zero-order chi connectivity index (χ0) is 16.0. The molecule has 0 heterocycles. The average molecular weight is 324 g/mol. The highest BCUT2D eigenvalue weighted by atomic mass is 32.2. The normalized spacial score (nSPS) is 17.5. The lowest BCUT2D eigenvalue weighted by atomic mass is 10.0. The molecule has 1 unspecified atom stereocenters. The number of aryl methyl sites for hydroxylation is 1. The van der Waals surface area contributed by atoms with Crippen molar-refractivity contribution in [2.45, 2.75) is 50.2 Å². The molecule has 0 amide bonds. The second-order valence-corrected chi connectivity index (χ2v) is 8.47. The summed E-state index contributed by atoms with van der Waals surface area (Å²) in [4.78, 5) is 11.4. The van der Waals surface area contributed by atoms with Crippen molar-refractivity contribution in [2.24, 2.45) is 5.92 Å². The smallest absolute Gasteiger partial charge is 0.307 e. The fraction of sp³-hybridized carbons (Fsp3) is 0.588. The molecule has 1 atom stereocenters. The van der Waals surface area contributed by atoms with Gasteiger partial charge in [-0.15, -0.1) is 0 Å². The summed E-state index contributed by atoms with van der Waals surface area (Å²) in [5, 5.41) is 9.00. The second kappa shape index (κ2) is 7.77. The topological polar surface area (TPSA) is 71.4 Å². The summed E-state index contributed by atoms with van der Waals surface area (Å²) in [5.41, 5.74) is 1.16. The van der Waals surface area contributed by atoms with Gasteiger partial charge in [0.15, 0.2) is 9.84 Å². The number of sulfone groups is 1. The van der Waals surface area contributed by atoms with Gasteiger partial charge in [0, 0.05) is 0 Å². The van der Waals surface area contributed by atoms with Gasteiger partial charge in [-0.25, -0.2) is 8.42 Å². The molecular weight excluding hydrogens is 300 g/mol. The van der Waals surface area contributed by atoms with Crippen molar-refractivity contribution in [3.05, 3.63) is 35.9 Å². The number of benzene rings is 1. The Morgan fingerprint density at radius 2 is 1.82 bits per heavy atom. The molecule has 0 bridgehead atoms. The Balaban J connectivity index is 1.88. The summed E-state index contributed by atoms with van der Waals surface area (Å²) in [5.74, 6) is -1.98. The predicted octanol–water partition coefficient (Wildman–Crippen LogP) is 3.07. The first-order valence-electron chi connectivity index (χ1n) is 7.97. The van der Waals surface area contributed by atoms with E-state index in [1.165, 1.54) is 0 Å². The van der Waals surface area contributed by atoms with Crippen molar-refractivity contribution < 1.29 is 18.3 Å². The largest absolute Gasteiger partial charge is 0.481 e. The number of carboxylic acids is 1. The monoisotopic (exact) mass is 324 g/mol. The zero-order valence-electron chi connectivity index (χ0n) is 12.8. The van der Waals surface area contributed by atoms with Crippen molar-refractivity contribution in [1.29, 1.82) is 0 Å². The first-order chi connectivity index (χ1) is 10.5. The van der Waals surface area contributed by atoms with Crippen LogP contribution in [-0.2, 0) is 21.1 Å². The van der Waals surface area contributed by atoms with Crippen LogP contribution in [0.25, 0.3) is 0 Å². The average Bonchev–Trinajstić information content (AvgIpc) is 3.02. The van der Waals surface area contributed by atoms with Crippen LogP contribution in [0.5, 0.6) is 0 Å². The van der Waals surface area contributed by atoms with Gasteiger partial charge in [-0.3, -0.25) is 4.79 Å². The summed E-state index contributed by atoms with van der Waals surface area (Å²) in [6.07, 6.45) is 5.16. The molecule has 1 saturated carbocycles. The van der Waals surface area contributed by atoms with E-state index in [2.05, 4.69) is 0 Å². The summed E-state index contributed by atoms with van der Waals surface area (Å²) in [6, 6.07) is 9.86. The molecule has 1 aromatic carbocycles. The van der Waals surface area contributed by atoms with Gasteiger partial charge in [-0.05, 0) is 37.7 Å². The van der Waals surface area contributed by atoms with E-state index in [4.69, 9.17) is 0 Å². The van der Waals surface area contributed by atoms with Crippen LogP contribution >= 0.6 is 0 Å². The Kier molecular flexibility index (Phi) is 6.00. The van der Waals surface area contributed by atoms with Crippen LogP contribution < -0.4 is 0 Å². The fourth-order valence-electron chi connectivity index (χ4n) is 3.14. The van der Waals surface area contributed by atoms with Gasteiger partial charge in [0.2, 0.25) is 0 Å². The molecule has 122 valence electrons. The SMILES string of the molecule is O=C(O)C(CCCc1ccccc1)CS(=O)(=O)C1CCCC1. The molecule has 0 spiro atoms. The van der Waals surface area contributed by atoms with Crippen LogP contribution in [-0.4, -0.2) is 30.5 Å². The van der Waals surface area contributed by atoms with Crippen molar-refractivity contribution in [3.63, 3.8) is 0 Å². The second-order valence-electron chi connectivity index (χ2n) is 6.15. The lowest BCUT2D eigenvalue weighted by Crippen LogP contribution is -2.29. The molecule has 1 aromatic rings. The van der Waals surface area contributed by atoms with Gasteiger partial charge in [-0.1, -0.05) is 43.2 Å². The highest BCUT2D eigenvalue weighted by Crippen LogP contribution is 2.27. The van der Waals surface area contributed by atoms with Crippen LogP contribution in [0.1, 0.15) is 44.1 Å². The van der Waals surface area contributed by atoms with Crippen molar-refractivity contribution in [2.75, 3.05) is 5.75 Å². The number of rotatable bonds is 8. The van der Waals surface area contributed by atoms with E-state index >= 15 is 0 Å². The lowest BCUT2D eigenvalue weighted by Gasteiger charge is -2.16. The minimum absolute atomic E-state index is 0.207. The third kappa shape index (κ3) is 4.83. The molecule has 1 aliphatic carbocycles. The summed E-state index contributed by atoms with van der Waals surface area (Å²) in [7, 11) is -3.28. The molecule has 1 N–H and O–H groups in total. The van der Waals surface area contributed by atoms with E-state index in [-0.39, 0.29) is 11.0 Å². The maximum absolute atomic E-state index is 12.3. The third-order valence-corrected chi connectivity index (χ3v) is 6.81. The number of hydrogen-bond acceptors (Lipinski definition) is 3. The van der Waals surface area contributed by atoms with Crippen LogP contribution in [0.4, 0.5) is 0 Å². The van der Waals surface area contributed by atoms with Gasteiger partial charge in [0.1, 0.15) is 0 Å². The van der Waals surface area contributed by atoms with Crippen molar-refractivity contribution >= 4 is 15.8 Å². The molecular formula is C17H24O4S. The van der Waals surface area contributed by atoms with E-state index < -0.39 is 21.7 Å². The van der Waals surface area contributed by atoms with E-state index in [9.17, 15) is 18.3 Å². The highest BCUT2D eigenvalue weighted by Gasteiger charge is 2.33. The molecule has 1 aliphatic rings. The highest BCUT2D eigenvalue weighted by molar-refractivity contribution is 7.92. The molecule has 1 fully saturated rings. The number of carboxylic acid groups (broad SMARTS) is 1. The number of aliphatic carboxylic acids is 1. The summed E-state index contributed by atoms with van der Waals surface area (Å²) in [6.45, 7) is 0. The maximum atomic E-state index is 12.3. The minimum Gasteiger partial charge on any atom is -0.481 e. The Bertz CT molecular complexity index is 574. The van der Waals surface area contributed by atoms with Gasteiger partial charge in [0.05, 0.1) is 16.9 Å². The Morgan fingerprint density at radius 1 is 1.18 bits per heavy atom.